The fraction of sp³-hybridized carbons (Fsp3) is 0.179. The van der Waals surface area contributed by atoms with Gasteiger partial charge in [0.05, 0.1) is 34.6 Å². The molecule has 0 amide bonds. The molecule has 180 valence electrons. The largest absolute Gasteiger partial charge is 0.378 e. The summed E-state index contributed by atoms with van der Waals surface area (Å²) in [4.78, 5) is 24.0. The Bertz CT molecular complexity index is 1810. The summed E-state index contributed by atoms with van der Waals surface area (Å²) in [6.07, 6.45) is 3.61. The van der Waals surface area contributed by atoms with Gasteiger partial charge in [-0.2, -0.15) is 0 Å². The summed E-state index contributed by atoms with van der Waals surface area (Å²) in [6.45, 7) is 0. The van der Waals surface area contributed by atoms with Gasteiger partial charge >= 0.3 is 5.69 Å². The van der Waals surface area contributed by atoms with E-state index < -0.39 is 0 Å². The van der Waals surface area contributed by atoms with Gasteiger partial charge in [-0.3, -0.25) is 13.7 Å². The summed E-state index contributed by atoms with van der Waals surface area (Å²) < 4.78 is 7.45. The van der Waals surface area contributed by atoms with Gasteiger partial charge in [0.1, 0.15) is 5.69 Å². The molecule has 0 radical (unpaired) electrons. The van der Waals surface area contributed by atoms with Crippen molar-refractivity contribution in [2.75, 3.05) is 19.0 Å². The minimum absolute atomic E-state index is 0.0468. The normalized spacial score (nSPS) is 11.6. The maximum absolute atomic E-state index is 12.5. The number of hydrogen-bond donors (Lipinski definition) is 0. The fourth-order valence-electron chi connectivity index (χ4n) is 4.85. The molecule has 8 nitrogen and oxygen atoms in total. The Labute approximate surface area is 208 Å². The lowest BCUT2D eigenvalue weighted by atomic mass is 10.0. The van der Waals surface area contributed by atoms with Gasteiger partial charge in [-0.1, -0.05) is 18.2 Å². The van der Waals surface area contributed by atoms with Crippen LogP contribution < -0.4 is 10.6 Å². The second-order valence-corrected chi connectivity index (χ2v) is 9.38. The third-order valence-electron chi connectivity index (χ3n) is 6.93. The third-order valence-corrected chi connectivity index (χ3v) is 6.93. The number of imidazole rings is 3. The number of aromatic nitrogens is 6. The lowest BCUT2D eigenvalue weighted by Gasteiger charge is -2.13. The molecule has 0 aliphatic carbocycles. The first kappa shape index (κ1) is 21.9. The molecule has 0 N–H and O–H groups in total. The molecule has 3 aromatic heterocycles. The van der Waals surface area contributed by atoms with E-state index in [9.17, 15) is 4.79 Å². The zero-order valence-corrected chi connectivity index (χ0v) is 21.0. The van der Waals surface area contributed by atoms with Gasteiger partial charge in [0.15, 0.2) is 5.82 Å². The van der Waals surface area contributed by atoms with E-state index in [0.717, 1.165) is 56.1 Å². The predicted octanol–water partition coefficient (Wildman–Crippen LogP) is 4.35. The molecule has 0 unspecified atom stereocenters. The number of aryl methyl sites for hydroxylation is 3. The Morgan fingerprint density at radius 3 is 2.17 bits per heavy atom. The summed E-state index contributed by atoms with van der Waals surface area (Å²) in [6, 6.07) is 21.0. The Morgan fingerprint density at radius 2 is 1.47 bits per heavy atom. The maximum atomic E-state index is 12.5. The first-order valence-corrected chi connectivity index (χ1v) is 11.8. The van der Waals surface area contributed by atoms with Crippen LogP contribution in [-0.2, 0) is 21.1 Å². The smallest absolute Gasteiger partial charge is 0.328 e. The van der Waals surface area contributed by atoms with Crippen molar-refractivity contribution in [2.45, 2.75) is 0 Å². The molecule has 0 spiro atoms. The van der Waals surface area contributed by atoms with Crippen molar-refractivity contribution >= 4 is 27.8 Å². The fourth-order valence-corrected chi connectivity index (χ4v) is 4.85. The molecule has 0 aliphatic rings. The highest BCUT2D eigenvalue weighted by atomic mass is 16.1. The number of rotatable bonds is 4. The van der Waals surface area contributed by atoms with Crippen LogP contribution in [-0.4, -0.2) is 42.3 Å². The molecule has 0 saturated carbocycles. The van der Waals surface area contributed by atoms with Crippen LogP contribution in [0.4, 0.5) is 5.69 Å². The monoisotopic (exact) mass is 477 g/mol. The highest BCUT2D eigenvalue weighted by Gasteiger charge is 2.19. The van der Waals surface area contributed by atoms with Gasteiger partial charge in [0.25, 0.3) is 0 Å². The Balaban J connectivity index is 1.58. The first-order chi connectivity index (χ1) is 17.3. The lowest BCUT2D eigenvalue weighted by molar-refractivity contribution is 0.795. The average molecular weight is 478 g/mol. The SMILES string of the molecule is CN(C)c1ccc(-c2ccc3c(c2)nc(-c2cncn2C)n3-c2ccc3c(c2)n(C)c(=O)n3C)cc1. The van der Waals surface area contributed by atoms with E-state index in [-0.39, 0.29) is 5.69 Å². The van der Waals surface area contributed by atoms with Crippen LogP contribution in [0.25, 0.3) is 50.4 Å². The van der Waals surface area contributed by atoms with E-state index in [1.165, 1.54) is 0 Å². The molecule has 6 aromatic rings. The van der Waals surface area contributed by atoms with E-state index in [2.05, 4.69) is 56.9 Å². The summed E-state index contributed by atoms with van der Waals surface area (Å²) in [7, 11) is 9.64. The first-order valence-electron chi connectivity index (χ1n) is 11.8. The minimum Gasteiger partial charge on any atom is -0.378 e. The number of anilines is 1. The van der Waals surface area contributed by atoms with Gasteiger partial charge in [0, 0.05) is 46.6 Å². The van der Waals surface area contributed by atoms with Crippen molar-refractivity contribution < 1.29 is 0 Å². The number of nitrogens with zero attached hydrogens (tertiary/aromatic N) is 7. The number of fused-ring (bicyclic) bond motifs is 2. The van der Waals surface area contributed by atoms with Crippen molar-refractivity contribution in [2.24, 2.45) is 21.1 Å². The highest BCUT2D eigenvalue weighted by Crippen LogP contribution is 2.32. The molecule has 0 fully saturated rings. The maximum Gasteiger partial charge on any atom is 0.328 e. The van der Waals surface area contributed by atoms with Crippen molar-refractivity contribution in [3.05, 3.63) is 83.7 Å². The van der Waals surface area contributed by atoms with Gasteiger partial charge < -0.3 is 9.47 Å². The number of hydrogen-bond acceptors (Lipinski definition) is 4. The van der Waals surface area contributed by atoms with E-state index in [0.29, 0.717) is 0 Å². The van der Waals surface area contributed by atoms with E-state index in [4.69, 9.17) is 4.98 Å². The molecule has 8 heteroatoms. The van der Waals surface area contributed by atoms with Crippen molar-refractivity contribution in [3.63, 3.8) is 0 Å². The lowest BCUT2D eigenvalue weighted by Crippen LogP contribution is -2.19. The molecule has 0 saturated heterocycles. The molecule has 3 heterocycles. The predicted molar refractivity (Wildman–Crippen MR) is 145 cm³/mol. The van der Waals surface area contributed by atoms with Crippen LogP contribution in [0, 0.1) is 0 Å². The van der Waals surface area contributed by atoms with Gasteiger partial charge in [0.2, 0.25) is 0 Å². The Kier molecular flexibility index (Phi) is 4.86. The van der Waals surface area contributed by atoms with Crippen LogP contribution in [0.5, 0.6) is 0 Å². The summed E-state index contributed by atoms with van der Waals surface area (Å²) in [5.74, 6) is 0.797. The summed E-state index contributed by atoms with van der Waals surface area (Å²) in [5, 5.41) is 0. The Morgan fingerprint density at radius 1 is 0.778 bits per heavy atom. The molecule has 36 heavy (non-hydrogen) atoms. The molecule has 3 aromatic carbocycles. The van der Waals surface area contributed by atoms with Crippen LogP contribution in [0.1, 0.15) is 0 Å². The standard InChI is InChI=1S/C28H27N7O/c1-31(2)20-9-6-18(7-10-20)19-8-12-23-22(14-19)30-27(26-16-29-17-32(26)3)35(23)21-11-13-24-25(15-21)34(5)28(36)33(24)4/h6-17H,1-5H3. The summed E-state index contributed by atoms with van der Waals surface area (Å²) >= 11 is 0. The van der Waals surface area contributed by atoms with E-state index in [1.807, 2.05) is 50.1 Å². The minimum atomic E-state index is -0.0468. The highest BCUT2D eigenvalue weighted by molar-refractivity contribution is 5.88. The molecule has 0 aliphatic heterocycles. The molecule has 0 bridgehead atoms. The van der Waals surface area contributed by atoms with Gasteiger partial charge in [-0.25, -0.2) is 14.8 Å². The molecular formula is C28H27N7O. The Hall–Kier alpha value is -4.59. The van der Waals surface area contributed by atoms with Gasteiger partial charge in [-0.05, 0) is 53.6 Å². The third kappa shape index (κ3) is 3.25. The van der Waals surface area contributed by atoms with Crippen LogP contribution >= 0.6 is 0 Å². The van der Waals surface area contributed by atoms with E-state index >= 15 is 0 Å². The second-order valence-electron chi connectivity index (χ2n) is 9.38. The topological polar surface area (TPSA) is 65.8 Å². The second kappa shape index (κ2) is 7.98. The van der Waals surface area contributed by atoms with Crippen LogP contribution in [0.15, 0.2) is 78.0 Å². The molecular weight excluding hydrogens is 450 g/mol. The summed E-state index contributed by atoms with van der Waals surface area (Å²) in [5.41, 5.74) is 8.84. The van der Waals surface area contributed by atoms with Crippen LogP contribution in [0.3, 0.4) is 0 Å². The quantitative estimate of drug-likeness (QED) is 0.379. The van der Waals surface area contributed by atoms with Crippen LogP contribution in [0.2, 0.25) is 0 Å². The average Bonchev–Trinajstić information content (AvgIpc) is 3.54. The molecule has 0 atom stereocenters. The van der Waals surface area contributed by atoms with Crippen molar-refractivity contribution in [1.82, 2.24) is 28.2 Å². The molecule has 6 rings (SSSR count). The van der Waals surface area contributed by atoms with Crippen molar-refractivity contribution in [3.8, 4) is 28.3 Å². The zero-order chi connectivity index (χ0) is 25.1. The van der Waals surface area contributed by atoms with Gasteiger partial charge in [-0.15, -0.1) is 0 Å². The van der Waals surface area contributed by atoms with E-state index in [1.54, 1.807) is 29.6 Å². The van der Waals surface area contributed by atoms with Crippen molar-refractivity contribution in [1.29, 1.82) is 0 Å². The zero-order valence-electron chi connectivity index (χ0n) is 21.0. The number of benzene rings is 3.